The summed E-state index contributed by atoms with van der Waals surface area (Å²) in [4.78, 5) is 25.4. The fourth-order valence-corrected chi connectivity index (χ4v) is 2.60. The number of likely N-dealkylation sites (tertiary alicyclic amines) is 1. The topological polar surface area (TPSA) is 76.1 Å². The van der Waals surface area contributed by atoms with Crippen LogP contribution in [-0.4, -0.2) is 53.0 Å². The Morgan fingerprint density at radius 3 is 2.25 bits per heavy atom. The molecule has 0 radical (unpaired) electrons. The van der Waals surface area contributed by atoms with Gasteiger partial charge in [0.1, 0.15) is 11.1 Å². The Morgan fingerprint density at radius 1 is 1.35 bits per heavy atom. The number of carboxylic acid groups (broad SMARTS) is 1. The van der Waals surface area contributed by atoms with E-state index >= 15 is 0 Å². The lowest BCUT2D eigenvalue weighted by Crippen LogP contribution is -2.57. The maximum absolute atomic E-state index is 12.3. The number of hydrogen-bond donors (Lipinski definition) is 1. The number of carbonyl (C=O) groups is 2. The molecule has 0 aromatic rings. The summed E-state index contributed by atoms with van der Waals surface area (Å²) in [7, 11) is 1.52. The third kappa shape index (κ3) is 3.06. The van der Waals surface area contributed by atoms with Crippen LogP contribution in [0.1, 0.15) is 41.0 Å². The SMILES string of the molecule is CO[C@H]1CN(C(=O)OC(C)(C)C)[C@](C(=O)O)(C(C)C)C1. The molecule has 0 aromatic heterocycles. The molecule has 2 atom stereocenters. The van der Waals surface area contributed by atoms with E-state index in [9.17, 15) is 14.7 Å². The molecule has 1 N–H and O–H groups in total. The zero-order valence-corrected chi connectivity index (χ0v) is 13.1. The van der Waals surface area contributed by atoms with E-state index in [1.165, 1.54) is 12.0 Å². The van der Waals surface area contributed by atoms with Crippen molar-refractivity contribution in [3.63, 3.8) is 0 Å². The lowest BCUT2D eigenvalue weighted by atomic mass is 9.83. The first-order valence-corrected chi connectivity index (χ1v) is 6.81. The number of hydrogen-bond acceptors (Lipinski definition) is 4. The molecule has 6 heteroatoms. The summed E-state index contributed by atoms with van der Waals surface area (Å²) in [5, 5.41) is 9.66. The van der Waals surface area contributed by atoms with Crippen molar-refractivity contribution >= 4 is 12.1 Å². The molecule has 0 aromatic carbocycles. The molecule has 1 aliphatic rings. The van der Waals surface area contributed by atoms with Crippen molar-refractivity contribution in [2.45, 2.75) is 58.3 Å². The second kappa shape index (κ2) is 5.60. The minimum absolute atomic E-state index is 0.232. The second-order valence-electron chi connectivity index (χ2n) is 6.54. The molecule has 1 rings (SSSR count). The smallest absolute Gasteiger partial charge is 0.411 e. The van der Waals surface area contributed by atoms with E-state index in [4.69, 9.17) is 9.47 Å². The lowest BCUT2D eigenvalue weighted by Gasteiger charge is -2.38. The molecule has 6 nitrogen and oxygen atoms in total. The largest absolute Gasteiger partial charge is 0.479 e. The summed E-state index contributed by atoms with van der Waals surface area (Å²) in [5.74, 6) is -1.26. The van der Waals surface area contributed by atoms with Crippen molar-refractivity contribution in [3.8, 4) is 0 Å². The van der Waals surface area contributed by atoms with Crippen molar-refractivity contribution in [1.82, 2.24) is 4.90 Å². The van der Waals surface area contributed by atoms with Crippen LogP contribution < -0.4 is 0 Å². The van der Waals surface area contributed by atoms with E-state index in [2.05, 4.69) is 0 Å². The summed E-state index contributed by atoms with van der Waals surface area (Å²) < 4.78 is 10.6. The molecule has 0 aliphatic carbocycles. The van der Waals surface area contributed by atoms with Gasteiger partial charge in [-0.15, -0.1) is 0 Å². The number of carboxylic acids is 1. The maximum Gasteiger partial charge on any atom is 0.411 e. The first-order chi connectivity index (χ1) is 9.04. The van der Waals surface area contributed by atoms with Crippen LogP contribution in [0.15, 0.2) is 0 Å². The summed E-state index contributed by atoms with van der Waals surface area (Å²) in [5.41, 5.74) is -1.94. The minimum Gasteiger partial charge on any atom is -0.479 e. The molecule has 1 aliphatic heterocycles. The van der Waals surface area contributed by atoms with Gasteiger partial charge in [-0.3, -0.25) is 4.90 Å². The first-order valence-electron chi connectivity index (χ1n) is 6.81. The third-order valence-electron chi connectivity index (χ3n) is 3.68. The Labute approximate surface area is 120 Å². The predicted molar refractivity (Wildman–Crippen MR) is 73.6 cm³/mol. The Balaban J connectivity index is 3.12. The second-order valence-corrected chi connectivity index (χ2v) is 6.54. The first kappa shape index (κ1) is 16.8. The van der Waals surface area contributed by atoms with Crippen LogP contribution in [0.2, 0.25) is 0 Å². The molecule has 1 heterocycles. The molecule has 1 amide bonds. The summed E-state index contributed by atoms with van der Waals surface area (Å²) >= 11 is 0. The van der Waals surface area contributed by atoms with Gasteiger partial charge in [-0.25, -0.2) is 9.59 Å². The van der Waals surface area contributed by atoms with E-state index in [1.807, 2.05) is 0 Å². The zero-order valence-electron chi connectivity index (χ0n) is 13.1. The third-order valence-corrected chi connectivity index (χ3v) is 3.68. The quantitative estimate of drug-likeness (QED) is 0.860. The van der Waals surface area contributed by atoms with E-state index in [0.29, 0.717) is 0 Å². The fourth-order valence-electron chi connectivity index (χ4n) is 2.60. The van der Waals surface area contributed by atoms with E-state index < -0.39 is 23.2 Å². The van der Waals surface area contributed by atoms with Crippen LogP contribution in [-0.2, 0) is 14.3 Å². The number of carbonyl (C=O) groups excluding carboxylic acids is 1. The normalized spacial score (nSPS) is 26.9. The van der Waals surface area contributed by atoms with Crippen molar-refractivity contribution in [2.24, 2.45) is 5.92 Å². The van der Waals surface area contributed by atoms with Crippen molar-refractivity contribution in [2.75, 3.05) is 13.7 Å². The van der Waals surface area contributed by atoms with Gasteiger partial charge in [0.15, 0.2) is 0 Å². The fraction of sp³-hybridized carbons (Fsp3) is 0.857. The summed E-state index contributed by atoms with van der Waals surface area (Å²) in [6.07, 6.45) is -0.621. The maximum atomic E-state index is 12.3. The highest BCUT2D eigenvalue weighted by atomic mass is 16.6. The van der Waals surface area contributed by atoms with Gasteiger partial charge in [0.05, 0.1) is 12.6 Å². The Kier molecular flexibility index (Phi) is 4.69. The Bertz CT molecular complexity index is 388. The van der Waals surface area contributed by atoms with Crippen LogP contribution in [0.4, 0.5) is 4.79 Å². The van der Waals surface area contributed by atoms with Gasteiger partial charge in [0, 0.05) is 13.5 Å². The molecular formula is C14H25NO5. The van der Waals surface area contributed by atoms with Gasteiger partial charge in [-0.05, 0) is 26.7 Å². The van der Waals surface area contributed by atoms with E-state index in [1.54, 1.807) is 34.6 Å². The lowest BCUT2D eigenvalue weighted by molar-refractivity contribution is -0.152. The average molecular weight is 287 g/mol. The average Bonchev–Trinajstić information content (AvgIpc) is 2.67. The van der Waals surface area contributed by atoms with Crippen LogP contribution in [0.3, 0.4) is 0 Å². The van der Waals surface area contributed by atoms with Crippen molar-refractivity contribution < 1.29 is 24.2 Å². The number of aliphatic carboxylic acids is 1. The van der Waals surface area contributed by atoms with Gasteiger partial charge in [0.2, 0.25) is 0 Å². The van der Waals surface area contributed by atoms with Crippen molar-refractivity contribution in [1.29, 1.82) is 0 Å². The molecule has 0 saturated carbocycles. The molecule has 116 valence electrons. The molecule has 20 heavy (non-hydrogen) atoms. The van der Waals surface area contributed by atoms with Gasteiger partial charge < -0.3 is 14.6 Å². The van der Waals surface area contributed by atoms with Crippen LogP contribution in [0.5, 0.6) is 0 Å². The number of methoxy groups -OCH3 is 1. The van der Waals surface area contributed by atoms with Gasteiger partial charge in [-0.2, -0.15) is 0 Å². The highest BCUT2D eigenvalue weighted by Crippen LogP contribution is 2.38. The standard InChI is InChI=1S/C14H25NO5/c1-9(2)14(11(16)17)7-10(19-6)8-15(14)12(18)20-13(3,4)5/h9-10H,7-8H2,1-6H3,(H,16,17)/t10-,14+/m1/s1. The van der Waals surface area contributed by atoms with Crippen LogP contribution in [0, 0.1) is 5.92 Å². The van der Waals surface area contributed by atoms with E-state index in [-0.39, 0.29) is 25.0 Å². The van der Waals surface area contributed by atoms with Gasteiger partial charge >= 0.3 is 12.1 Å². The predicted octanol–water partition coefficient (Wildman–Crippen LogP) is 2.12. The zero-order chi connectivity index (χ0) is 15.7. The van der Waals surface area contributed by atoms with Crippen LogP contribution >= 0.6 is 0 Å². The Morgan fingerprint density at radius 2 is 1.90 bits per heavy atom. The summed E-state index contributed by atoms with van der Waals surface area (Å²) in [6, 6.07) is 0. The number of rotatable bonds is 3. The van der Waals surface area contributed by atoms with Gasteiger partial charge in [0.25, 0.3) is 0 Å². The molecular weight excluding hydrogens is 262 g/mol. The number of nitrogens with zero attached hydrogens (tertiary/aromatic N) is 1. The highest BCUT2D eigenvalue weighted by Gasteiger charge is 2.56. The highest BCUT2D eigenvalue weighted by molar-refractivity contribution is 5.85. The minimum atomic E-state index is -1.27. The Hall–Kier alpha value is -1.30. The number of amides is 1. The monoisotopic (exact) mass is 287 g/mol. The van der Waals surface area contributed by atoms with E-state index in [0.717, 1.165) is 0 Å². The molecule has 0 bridgehead atoms. The van der Waals surface area contributed by atoms with Gasteiger partial charge in [-0.1, -0.05) is 13.8 Å². The molecule has 1 fully saturated rings. The van der Waals surface area contributed by atoms with Crippen LogP contribution in [0.25, 0.3) is 0 Å². The molecule has 1 saturated heterocycles. The van der Waals surface area contributed by atoms with Crippen molar-refractivity contribution in [3.05, 3.63) is 0 Å². The molecule has 0 spiro atoms. The summed E-state index contributed by atoms with van der Waals surface area (Å²) in [6.45, 7) is 9.09. The number of ether oxygens (including phenoxy) is 2. The molecule has 0 unspecified atom stereocenters.